The number of benzene rings is 2. The Labute approximate surface area is 156 Å². The molecule has 3 rings (SSSR count). The Balaban J connectivity index is 2.02. The lowest BCUT2D eigenvalue weighted by Gasteiger charge is -2.17. The summed E-state index contributed by atoms with van der Waals surface area (Å²) in [5.41, 5.74) is 0.823. The fourth-order valence-corrected chi connectivity index (χ4v) is 2.67. The molecule has 0 saturated heterocycles. The third-order valence-electron chi connectivity index (χ3n) is 4.27. The predicted molar refractivity (Wildman–Crippen MR) is 102 cm³/mol. The standard InChI is InChI=1S/C20H20N4O3/c1-14-9-11-16(12-10-14)24-20(27)23(3)19(26)17(21-24)18(25)22(2)13-15-7-5-4-6-8-15/h4-12H,13H2,1-3H3. The van der Waals surface area contributed by atoms with E-state index in [1.54, 1.807) is 19.2 Å². The summed E-state index contributed by atoms with van der Waals surface area (Å²) in [5.74, 6) is -0.541. The van der Waals surface area contributed by atoms with Crippen LogP contribution in [-0.2, 0) is 13.6 Å². The van der Waals surface area contributed by atoms with Gasteiger partial charge in [0.25, 0.3) is 11.5 Å². The van der Waals surface area contributed by atoms with Crippen molar-refractivity contribution in [2.24, 2.45) is 7.05 Å². The number of nitrogens with zero attached hydrogens (tertiary/aromatic N) is 4. The molecular weight excluding hydrogens is 344 g/mol. The maximum absolute atomic E-state index is 12.8. The first kappa shape index (κ1) is 18.3. The normalized spacial score (nSPS) is 10.6. The van der Waals surface area contributed by atoms with Crippen LogP contribution in [0.5, 0.6) is 0 Å². The molecule has 2 aromatic carbocycles. The fraction of sp³-hybridized carbons (Fsp3) is 0.200. The van der Waals surface area contributed by atoms with Gasteiger partial charge in [0, 0.05) is 20.6 Å². The Kier molecular flexibility index (Phi) is 5.03. The number of aryl methyl sites for hydroxylation is 1. The van der Waals surface area contributed by atoms with Gasteiger partial charge in [-0.15, -0.1) is 0 Å². The van der Waals surface area contributed by atoms with Crippen molar-refractivity contribution in [1.29, 1.82) is 0 Å². The second-order valence-corrected chi connectivity index (χ2v) is 6.39. The Hall–Kier alpha value is -3.48. The molecule has 0 aliphatic carbocycles. The van der Waals surface area contributed by atoms with Crippen LogP contribution in [0.1, 0.15) is 21.6 Å². The highest BCUT2D eigenvalue weighted by Gasteiger charge is 2.22. The van der Waals surface area contributed by atoms with Crippen LogP contribution in [0.3, 0.4) is 0 Å². The van der Waals surface area contributed by atoms with Crippen molar-refractivity contribution in [3.8, 4) is 5.69 Å². The number of amides is 1. The van der Waals surface area contributed by atoms with Crippen LogP contribution in [0.4, 0.5) is 0 Å². The van der Waals surface area contributed by atoms with Crippen LogP contribution in [0.2, 0.25) is 0 Å². The SMILES string of the molecule is Cc1ccc(-n2nc(C(=O)N(C)Cc3ccccc3)c(=O)n(C)c2=O)cc1. The molecule has 0 fully saturated rings. The summed E-state index contributed by atoms with van der Waals surface area (Å²) in [6, 6.07) is 16.5. The smallest absolute Gasteiger partial charge is 0.336 e. The van der Waals surface area contributed by atoms with Crippen molar-refractivity contribution in [3.05, 3.63) is 92.3 Å². The zero-order chi connectivity index (χ0) is 19.6. The molecule has 0 atom stereocenters. The molecule has 1 amide bonds. The molecule has 0 unspecified atom stereocenters. The van der Waals surface area contributed by atoms with Crippen LogP contribution in [0.25, 0.3) is 5.69 Å². The number of hydrogen-bond acceptors (Lipinski definition) is 4. The summed E-state index contributed by atoms with van der Waals surface area (Å²) < 4.78 is 1.97. The molecule has 0 bridgehead atoms. The Morgan fingerprint density at radius 1 is 1.04 bits per heavy atom. The summed E-state index contributed by atoms with van der Waals surface area (Å²) in [7, 11) is 2.93. The lowest BCUT2D eigenvalue weighted by Crippen LogP contribution is -2.44. The number of carbonyl (C=O) groups excluding carboxylic acids is 1. The highest BCUT2D eigenvalue weighted by Crippen LogP contribution is 2.07. The van der Waals surface area contributed by atoms with Gasteiger partial charge in [0.05, 0.1) is 5.69 Å². The van der Waals surface area contributed by atoms with Gasteiger partial charge in [0.15, 0.2) is 0 Å². The molecule has 1 heterocycles. The van der Waals surface area contributed by atoms with E-state index in [1.807, 2.05) is 49.4 Å². The third kappa shape index (κ3) is 3.72. The van der Waals surface area contributed by atoms with E-state index in [0.29, 0.717) is 12.2 Å². The topological polar surface area (TPSA) is 77.2 Å². The largest absolute Gasteiger partial charge is 0.351 e. The van der Waals surface area contributed by atoms with Crippen LogP contribution in [-0.4, -0.2) is 32.2 Å². The van der Waals surface area contributed by atoms with Crippen molar-refractivity contribution >= 4 is 5.91 Å². The molecule has 1 aromatic heterocycles. The molecule has 0 N–H and O–H groups in total. The second kappa shape index (κ2) is 7.41. The van der Waals surface area contributed by atoms with E-state index in [9.17, 15) is 14.4 Å². The molecular formula is C20H20N4O3. The maximum Gasteiger partial charge on any atom is 0.351 e. The van der Waals surface area contributed by atoms with E-state index in [4.69, 9.17) is 0 Å². The molecule has 7 heteroatoms. The predicted octanol–water partition coefficient (Wildman–Crippen LogP) is 1.51. The van der Waals surface area contributed by atoms with E-state index < -0.39 is 17.2 Å². The third-order valence-corrected chi connectivity index (χ3v) is 4.27. The zero-order valence-corrected chi connectivity index (χ0v) is 15.4. The quantitative estimate of drug-likeness (QED) is 0.703. The van der Waals surface area contributed by atoms with Gasteiger partial charge in [0.1, 0.15) is 0 Å². The van der Waals surface area contributed by atoms with Gasteiger partial charge in [-0.1, -0.05) is 48.0 Å². The van der Waals surface area contributed by atoms with E-state index in [1.165, 1.54) is 11.9 Å². The van der Waals surface area contributed by atoms with Gasteiger partial charge in [-0.2, -0.15) is 9.78 Å². The highest BCUT2D eigenvalue weighted by atomic mass is 16.2. The minimum Gasteiger partial charge on any atom is -0.336 e. The summed E-state index contributed by atoms with van der Waals surface area (Å²) >= 11 is 0. The number of rotatable bonds is 4. The lowest BCUT2D eigenvalue weighted by atomic mass is 10.2. The van der Waals surface area contributed by atoms with Gasteiger partial charge in [-0.05, 0) is 24.6 Å². The van der Waals surface area contributed by atoms with Crippen LogP contribution < -0.4 is 11.2 Å². The Bertz CT molecular complexity index is 1080. The van der Waals surface area contributed by atoms with Crippen molar-refractivity contribution in [2.45, 2.75) is 13.5 Å². The zero-order valence-electron chi connectivity index (χ0n) is 15.4. The molecule has 27 heavy (non-hydrogen) atoms. The summed E-state index contributed by atoms with van der Waals surface area (Å²) in [6.07, 6.45) is 0. The summed E-state index contributed by atoms with van der Waals surface area (Å²) in [6.45, 7) is 2.25. The van der Waals surface area contributed by atoms with Crippen LogP contribution in [0, 0.1) is 6.92 Å². The molecule has 0 radical (unpaired) electrons. The molecule has 3 aromatic rings. The number of carbonyl (C=O) groups is 1. The Morgan fingerprint density at radius 3 is 2.30 bits per heavy atom. The Morgan fingerprint density at radius 2 is 1.67 bits per heavy atom. The minimum absolute atomic E-state index is 0.295. The van der Waals surface area contributed by atoms with Crippen molar-refractivity contribution < 1.29 is 4.79 Å². The van der Waals surface area contributed by atoms with Gasteiger partial charge < -0.3 is 4.90 Å². The number of aromatic nitrogens is 3. The number of hydrogen-bond donors (Lipinski definition) is 0. The van der Waals surface area contributed by atoms with Crippen molar-refractivity contribution in [3.63, 3.8) is 0 Å². The van der Waals surface area contributed by atoms with Crippen LogP contribution >= 0.6 is 0 Å². The fourth-order valence-electron chi connectivity index (χ4n) is 2.67. The van der Waals surface area contributed by atoms with E-state index in [0.717, 1.165) is 20.4 Å². The first-order chi connectivity index (χ1) is 12.9. The monoisotopic (exact) mass is 364 g/mol. The lowest BCUT2D eigenvalue weighted by molar-refractivity contribution is 0.0774. The van der Waals surface area contributed by atoms with Crippen molar-refractivity contribution in [2.75, 3.05) is 7.05 Å². The average molecular weight is 364 g/mol. The van der Waals surface area contributed by atoms with E-state index in [-0.39, 0.29) is 5.69 Å². The molecule has 7 nitrogen and oxygen atoms in total. The highest BCUT2D eigenvalue weighted by molar-refractivity contribution is 5.91. The molecule has 0 saturated carbocycles. The average Bonchev–Trinajstić information content (AvgIpc) is 2.67. The first-order valence-corrected chi connectivity index (χ1v) is 8.45. The van der Waals surface area contributed by atoms with Crippen LogP contribution in [0.15, 0.2) is 64.2 Å². The first-order valence-electron chi connectivity index (χ1n) is 8.45. The van der Waals surface area contributed by atoms with Gasteiger partial charge in [-0.25, -0.2) is 4.79 Å². The van der Waals surface area contributed by atoms with Gasteiger partial charge >= 0.3 is 5.69 Å². The second-order valence-electron chi connectivity index (χ2n) is 6.39. The van der Waals surface area contributed by atoms with E-state index >= 15 is 0 Å². The van der Waals surface area contributed by atoms with Gasteiger partial charge in [-0.3, -0.25) is 14.2 Å². The van der Waals surface area contributed by atoms with Gasteiger partial charge in [0.2, 0.25) is 5.69 Å². The minimum atomic E-state index is -0.715. The summed E-state index contributed by atoms with van der Waals surface area (Å²) in [5, 5.41) is 4.07. The van der Waals surface area contributed by atoms with E-state index in [2.05, 4.69) is 5.10 Å². The molecule has 0 spiro atoms. The van der Waals surface area contributed by atoms with Crippen molar-refractivity contribution in [1.82, 2.24) is 19.2 Å². The molecule has 138 valence electrons. The molecule has 0 aliphatic heterocycles. The molecule has 0 aliphatic rings. The summed E-state index contributed by atoms with van der Waals surface area (Å²) in [4.78, 5) is 39.1. The maximum atomic E-state index is 12.8.